The number of alkyl halides is 3. The van der Waals surface area contributed by atoms with Gasteiger partial charge in [-0.3, -0.25) is 4.79 Å². The van der Waals surface area contributed by atoms with Crippen molar-refractivity contribution in [3.8, 4) is 5.75 Å². The van der Waals surface area contributed by atoms with Crippen molar-refractivity contribution < 1.29 is 27.8 Å². The van der Waals surface area contributed by atoms with Crippen LogP contribution in [0.5, 0.6) is 5.75 Å². The van der Waals surface area contributed by atoms with E-state index in [2.05, 4.69) is 0 Å². The van der Waals surface area contributed by atoms with E-state index in [4.69, 9.17) is 10.5 Å². The minimum absolute atomic E-state index is 0.120. The van der Waals surface area contributed by atoms with E-state index in [9.17, 15) is 23.1 Å². The molecule has 7 heteroatoms. The van der Waals surface area contributed by atoms with Crippen molar-refractivity contribution in [1.29, 1.82) is 0 Å². The second kappa shape index (κ2) is 7.35. The minimum atomic E-state index is -4.39. The number of ether oxygens (including phenoxy) is 1. The van der Waals surface area contributed by atoms with Gasteiger partial charge in [0.2, 0.25) is 0 Å². The van der Waals surface area contributed by atoms with E-state index in [0.717, 1.165) is 12.1 Å². The van der Waals surface area contributed by atoms with E-state index < -0.39 is 23.8 Å². The van der Waals surface area contributed by atoms with Crippen LogP contribution < -0.4 is 10.5 Å². The predicted octanol–water partition coefficient (Wildman–Crippen LogP) is 2.79. The first-order chi connectivity index (χ1) is 11.3. The SMILES string of the molecule is NC(=O)c1ccccc1OCC(O)Cc1ccc(C(F)(F)F)cc1. The molecule has 0 bridgehead atoms. The zero-order valence-electron chi connectivity index (χ0n) is 12.6. The van der Waals surface area contributed by atoms with Crippen LogP contribution in [0.4, 0.5) is 13.2 Å². The summed E-state index contributed by atoms with van der Waals surface area (Å²) in [4.78, 5) is 11.3. The Morgan fingerprint density at radius 2 is 1.75 bits per heavy atom. The van der Waals surface area contributed by atoms with Gasteiger partial charge in [-0.05, 0) is 29.8 Å². The topological polar surface area (TPSA) is 72.6 Å². The molecule has 2 aromatic carbocycles. The highest BCUT2D eigenvalue weighted by Crippen LogP contribution is 2.29. The van der Waals surface area contributed by atoms with Gasteiger partial charge in [-0.1, -0.05) is 24.3 Å². The van der Waals surface area contributed by atoms with Crippen LogP contribution in [0.15, 0.2) is 48.5 Å². The number of carbonyl (C=O) groups excluding carboxylic acids is 1. The quantitative estimate of drug-likeness (QED) is 0.850. The van der Waals surface area contributed by atoms with Crippen molar-refractivity contribution in [3.05, 3.63) is 65.2 Å². The molecular formula is C17H16F3NO3. The molecule has 0 heterocycles. The molecule has 0 fully saturated rings. The van der Waals surface area contributed by atoms with Gasteiger partial charge in [0.1, 0.15) is 12.4 Å². The van der Waals surface area contributed by atoms with Crippen LogP contribution in [0.25, 0.3) is 0 Å². The number of halogens is 3. The maximum absolute atomic E-state index is 12.5. The number of rotatable bonds is 6. The summed E-state index contributed by atoms with van der Waals surface area (Å²) in [6, 6.07) is 10.9. The number of hydrogen-bond donors (Lipinski definition) is 2. The molecule has 0 aliphatic rings. The van der Waals surface area contributed by atoms with E-state index in [1.807, 2.05) is 0 Å². The molecule has 4 nitrogen and oxygen atoms in total. The second-order valence-electron chi connectivity index (χ2n) is 5.22. The lowest BCUT2D eigenvalue weighted by Gasteiger charge is -2.14. The van der Waals surface area contributed by atoms with Gasteiger partial charge in [0, 0.05) is 6.42 Å². The number of nitrogens with two attached hydrogens (primary N) is 1. The van der Waals surface area contributed by atoms with Crippen molar-refractivity contribution in [1.82, 2.24) is 0 Å². The number of amides is 1. The number of hydrogen-bond acceptors (Lipinski definition) is 3. The Kier molecular flexibility index (Phi) is 5.46. The summed E-state index contributed by atoms with van der Waals surface area (Å²) in [5.41, 5.74) is 5.21. The Morgan fingerprint density at radius 1 is 1.12 bits per heavy atom. The summed E-state index contributed by atoms with van der Waals surface area (Å²) in [7, 11) is 0. The van der Waals surface area contributed by atoms with Crippen molar-refractivity contribution >= 4 is 5.91 Å². The smallest absolute Gasteiger partial charge is 0.416 e. The van der Waals surface area contributed by atoms with E-state index in [1.54, 1.807) is 18.2 Å². The standard InChI is InChI=1S/C17H16F3NO3/c18-17(19,20)12-7-5-11(6-8-12)9-13(22)10-24-15-4-2-1-3-14(15)16(21)23/h1-8,13,22H,9-10H2,(H2,21,23). The van der Waals surface area contributed by atoms with Gasteiger partial charge in [0.25, 0.3) is 5.91 Å². The van der Waals surface area contributed by atoms with Crippen molar-refractivity contribution in [2.24, 2.45) is 5.73 Å². The third-order valence-electron chi connectivity index (χ3n) is 3.34. The van der Waals surface area contributed by atoms with E-state index in [-0.39, 0.29) is 24.3 Å². The number of aliphatic hydroxyl groups excluding tert-OH is 1. The molecule has 0 aliphatic carbocycles. The average Bonchev–Trinajstić information content (AvgIpc) is 2.53. The Bertz CT molecular complexity index is 699. The molecule has 0 aromatic heterocycles. The van der Waals surface area contributed by atoms with Gasteiger partial charge in [-0.15, -0.1) is 0 Å². The predicted molar refractivity (Wildman–Crippen MR) is 81.6 cm³/mol. The zero-order valence-corrected chi connectivity index (χ0v) is 12.6. The van der Waals surface area contributed by atoms with Crippen molar-refractivity contribution in [2.45, 2.75) is 18.7 Å². The van der Waals surface area contributed by atoms with Crippen LogP contribution in [-0.4, -0.2) is 23.7 Å². The molecule has 0 spiro atoms. The summed E-state index contributed by atoms with van der Waals surface area (Å²) in [5, 5.41) is 9.96. The highest BCUT2D eigenvalue weighted by atomic mass is 19.4. The van der Waals surface area contributed by atoms with Gasteiger partial charge >= 0.3 is 6.18 Å². The highest BCUT2D eigenvalue weighted by molar-refractivity contribution is 5.95. The molecule has 0 saturated heterocycles. The van der Waals surface area contributed by atoms with Crippen molar-refractivity contribution in [2.75, 3.05) is 6.61 Å². The Hall–Kier alpha value is -2.54. The number of benzene rings is 2. The molecule has 0 saturated carbocycles. The first kappa shape index (κ1) is 17.8. The average molecular weight is 339 g/mol. The molecule has 1 unspecified atom stereocenters. The van der Waals surface area contributed by atoms with Gasteiger partial charge in [0.05, 0.1) is 17.2 Å². The van der Waals surface area contributed by atoms with Gasteiger partial charge in [-0.2, -0.15) is 13.2 Å². The Morgan fingerprint density at radius 3 is 2.33 bits per heavy atom. The summed E-state index contributed by atoms with van der Waals surface area (Å²) in [5.74, 6) is -0.403. The van der Waals surface area contributed by atoms with Gasteiger partial charge < -0.3 is 15.6 Å². The lowest BCUT2D eigenvalue weighted by molar-refractivity contribution is -0.137. The van der Waals surface area contributed by atoms with Crippen LogP contribution >= 0.6 is 0 Å². The Balaban J connectivity index is 1.94. The fourth-order valence-electron chi connectivity index (χ4n) is 2.14. The molecule has 0 radical (unpaired) electrons. The third kappa shape index (κ3) is 4.73. The van der Waals surface area contributed by atoms with Crippen LogP contribution in [0.3, 0.4) is 0 Å². The van der Waals surface area contributed by atoms with Gasteiger partial charge in [-0.25, -0.2) is 0 Å². The third-order valence-corrected chi connectivity index (χ3v) is 3.34. The summed E-state index contributed by atoms with van der Waals surface area (Å²) < 4.78 is 42.8. The molecule has 2 aromatic rings. The monoisotopic (exact) mass is 339 g/mol. The highest BCUT2D eigenvalue weighted by Gasteiger charge is 2.29. The lowest BCUT2D eigenvalue weighted by atomic mass is 10.1. The molecule has 1 amide bonds. The maximum atomic E-state index is 12.5. The van der Waals surface area contributed by atoms with Crippen molar-refractivity contribution in [3.63, 3.8) is 0 Å². The van der Waals surface area contributed by atoms with Crippen LogP contribution in [-0.2, 0) is 12.6 Å². The number of carbonyl (C=O) groups is 1. The zero-order chi connectivity index (χ0) is 17.7. The molecule has 3 N–H and O–H groups in total. The van der Waals surface area contributed by atoms with Crippen LogP contribution in [0.1, 0.15) is 21.5 Å². The molecule has 0 aliphatic heterocycles. The maximum Gasteiger partial charge on any atom is 0.416 e. The largest absolute Gasteiger partial charge is 0.490 e. The minimum Gasteiger partial charge on any atom is -0.490 e. The van der Waals surface area contributed by atoms with Gasteiger partial charge in [0.15, 0.2) is 0 Å². The molecule has 2 rings (SSSR count). The summed E-state index contributed by atoms with van der Waals surface area (Å²) in [6.07, 6.45) is -5.21. The number of primary amides is 1. The summed E-state index contributed by atoms with van der Waals surface area (Å²) in [6.45, 7) is -0.120. The summed E-state index contributed by atoms with van der Waals surface area (Å²) >= 11 is 0. The molecule has 24 heavy (non-hydrogen) atoms. The fourth-order valence-corrected chi connectivity index (χ4v) is 2.14. The fraction of sp³-hybridized carbons (Fsp3) is 0.235. The van der Waals surface area contributed by atoms with E-state index in [1.165, 1.54) is 18.2 Å². The Labute approximate surface area is 136 Å². The van der Waals surface area contributed by atoms with E-state index in [0.29, 0.717) is 5.56 Å². The van der Waals surface area contributed by atoms with Crippen LogP contribution in [0, 0.1) is 0 Å². The number of aliphatic hydroxyl groups is 1. The normalized spacial score (nSPS) is 12.7. The number of para-hydroxylation sites is 1. The first-order valence-electron chi connectivity index (χ1n) is 7.13. The molecular weight excluding hydrogens is 323 g/mol. The first-order valence-corrected chi connectivity index (χ1v) is 7.13. The van der Waals surface area contributed by atoms with E-state index >= 15 is 0 Å². The second-order valence-corrected chi connectivity index (χ2v) is 5.22. The molecule has 128 valence electrons. The molecule has 1 atom stereocenters. The lowest BCUT2D eigenvalue weighted by Crippen LogP contribution is -2.22. The van der Waals surface area contributed by atoms with Crippen LogP contribution in [0.2, 0.25) is 0 Å².